The van der Waals surface area contributed by atoms with E-state index in [0.29, 0.717) is 35.0 Å². The van der Waals surface area contributed by atoms with Gasteiger partial charge in [0, 0.05) is 18.2 Å². The molecule has 1 heterocycles. The Morgan fingerprint density at radius 3 is 2.16 bits per heavy atom. The van der Waals surface area contributed by atoms with Gasteiger partial charge in [-0.15, -0.1) is 0 Å². The van der Waals surface area contributed by atoms with Gasteiger partial charge in [-0.05, 0) is 52.7 Å². The van der Waals surface area contributed by atoms with E-state index in [-0.39, 0.29) is 12.0 Å². The minimum Gasteiger partial charge on any atom is -0.408 e. The van der Waals surface area contributed by atoms with Gasteiger partial charge < -0.3 is 10.2 Å². The Balaban J connectivity index is 2.06. The summed E-state index contributed by atoms with van der Waals surface area (Å²) in [5.41, 5.74) is 10.1. The van der Waals surface area contributed by atoms with Crippen LogP contribution in [0.4, 0.5) is 8.78 Å². The zero-order chi connectivity index (χ0) is 22.9. The maximum Gasteiger partial charge on any atom is 0.201 e. The lowest BCUT2D eigenvalue weighted by atomic mass is 9.86. The van der Waals surface area contributed by atoms with Gasteiger partial charge >= 0.3 is 0 Å². The Kier molecular flexibility index (Phi) is 7.34. The smallest absolute Gasteiger partial charge is 0.201 e. The maximum absolute atomic E-state index is 14.7. The highest BCUT2D eigenvalue weighted by molar-refractivity contribution is 6.77. The molecule has 0 radical (unpaired) electrons. The van der Waals surface area contributed by atoms with Crippen LogP contribution in [0.25, 0.3) is 0 Å². The third-order valence-electron chi connectivity index (χ3n) is 7.14. The highest BCUT2D eigenvalue weighted by atomic mass is 28.4. The number of fused-ring (bicyclic) bond motifs is 1. The molecule has 0 fully saturated rings. The predicted molar refractivity (Wildman–Crippen MR) is 124 cm³/mol. The summed E-state index contributed by atoms with van der Waals surface area (Å²) in [6.07, 6.45) is 2.87. The van der Waals surface area contributed by atoms with Crippen molar-refractivity contribution in [2.45, 2.75) is 89.1 Å². The van der Waals surface area contributed by atoms with Gasteiger partial charge in [0.05, 0.1) is 11.8 Å². The first-order chi connectivity index (χ1) is 14.6. The molecular weight excluding hydrogens is 410 g/mol. The third-order valence-corrected chi connectivity index (χ3v) is 13.3. The van der Waals surface area contributed by atoms with Gasteiger partial charge in [-0.1, -0.05) is 59.7 Å². The predicted octanol–water partition coefficient (Wildman–Crippen LogP) is 7.17. The van der Waals surface area contributed by atoms with Crippen molar-refractivity contribution >= 4 is 8.32 Å². The molecule has 0 amide bonds. The fourth-order valence-corrected chi connectivity index (χ4v) is 11.3. The lowest BCUT2D eigenvalue weighted by Crippen LogP contribution is -2.48. The van der Waals surface area contributed by atoms with Crippen LogP contribution in [0.5, 0.6) is 0 Å². The van der Waals surface area contributed by atoms with Crippen LogP contribution in [0.3, 0.4) is 0 Å². The van der Waals surface area contributed by atoms with Crippen molar-refractivity contribution in [3.05, 3.63) is 65.0 Å². The van der Waals surface area contributed by atoms with Crippen LogP contribution in [-0.4, -0.2) is 13.3 Å². The SMILES string of the molecule is CC(C)[Si](O[C@@H]1CC[C@@H](c2cccc(F)c2F)[C@@H](N)c2cccnc21)(C(C)C)C(C)C. The van der Waals surface area contributed by atoms with E-state index in [1.54, 1.807) is 18.3 Å². The first kappa shape index (κ1) is 24.0. The monoisotopic (exact) mass is 446 g/mol. The molecule has 3 atom stereocenters. The van der Waals surface area contributed by atoms with Crippen LogP contribution in [0, 0.1) is 11.6 Å². The molecule has 31 heavy (non-hydrogen) atoms. The van der Waals surface area contributed by atoms with Crippen molar-refractivity contribution < 1.29 is 13.2 Å². The van der Waals surface area contributed by atoms with Crippen molar-refractivity contribution in [2.24, 2.45) is 5.73 Å². The highest BCUT2D eigenvalue weighted by Gasteiger charge is 2.48. The second kappa shape index (κ2) is 9.47. The molecule has 1 aromatic carbocycles. The number of nitrogens with two attached hydrogens (primary N) is 1. The van der Waals surface area contributed by atoms with Gasteiger partial charge in [0.1, 0.15) is 0 Å². The standard InChI is InChI=1S/C25H36F2N2OSi/c1-15(2)31(16(3)4,17(5)6)30-22-13-12-19(18-9-7-11-21(26)23(18)27)24(28)20-10-8-14-29-25(20)22/h7-11,14-17,19,22,24H,12-13,28H2,1-6H3/t19-,22+,24+/m0/s1. The number of aromatic nitrogens is 1. The van der Waals surface area contributed by atoms with E-state index in [1.165, 1.54) is 0 Å². The van der Waals surface area contributed by atoms with Gasteiger partial charge in [-0.2, -0.15) is 0 Å². The van der Waals surface area contributed by atoms with Gasteiger partial charge in [-0.3, -0.25) is 4.98 Å². The molecule has 0 unspecified atom stereocenters. The van der Waals surface area contributed by atoms with Crippen LogP contribution in [0.1, 0.15) is 89.3 Å². The summed E-state index contributed by atoms with van der Waals surface area (Å²) in [5.74, 6) is -1.97. The van der Waals surface area contributed by atoms with Crippen LogP contribution in [0.15, 0.2) is 36.5 Å². The zero-order valence-corrected chi connectivity index (χ0v) is 20.5. The van der Waals surface area contributed by atoms with E-state index in [4.69, 9.17) is 15.1 Å². The fraction of sp³-hybridized carbons (Fsp3) is 0.560. The number of nitrogens with zero attached hydrogens (tertiary/aromatic N) is 1. The number of rotatable bonds is 6. The van der Waals surface area contributed by atoms with Gasteiger partial charge in [0.25, 0.3) is 0 Å². The number of halogens is 2. The van der Waals surface area contributed by atoms with Crippen LogP contribution >= 0.6 is 0 Å². The molecule has 2 N–H and O–H groups in total. The van der Waals surface area contributed by atoms with E-state index in [2.05, 4.69) is 41.5 Å². The lowest BCUT2D eigenvalue weighted by Gasteiger charge is -2.44. The molecule has 170 valence electrons. The van der Waals surface area contributed by atoms with Crippen molar-refractivity contribution in [3.63, 3.8) is 0 Å². The molecule has 1 aliphatic carbocycles. The normalized spacial score (nSPS) is 22.1. The molecule has 6 heteroatoms. The summed E-state index contributed by atoms with van der Waals surface area (Å²) in [5, 5.41) is 0. The molecule has 2 aromatic rings. The second-order valence-electron chi connectivity index (χ2n) is 9.75. The van der Waals surface area contributed by atoms with Crippen molar-refractivity contribution in [1.82, 2.24) is 4.98 Å². The van der Waals surface area contributed by atoms with E-state index < -0.39 is 26.0 Å². The van der Waals surface area contributed by atoms with Crippen molar-refractivity contribution in [3.8, 4) is 0 Å². The van der Waals surface area contributed by atoms with Crippen LogP contribution in [-0.2, 0) is 4.43 Å². The first-order valence-electron chi connectivity index (χ1n) is 11.4. The van der Waals surface area contributed by atoms with Gasteiger partial charge in [0.15, 0.2) is 11.6 Å². The minimum atomic E-state index is -2.16. The average molecular weight is 447 g/mol. The minimum absolute atomic E-state index is 0.192. The Hall–Kier alpha value is -1.63. The van der Waals surface area contributed by atoms with E-state index in [1.807, 2.05) is 12.1 Å². The largest absolute Gasteiger partial charge is 0.408 e. The van der Waals surface area contributed by atoms with Gasteiger partial charge in [0.2, 0.25) is 8.32 Å². The van der Waals surface area contributed by atoms with Gasteiger partial charge in [-0.25, -0.2) is 8.78 Å². The molecule has 3 nitrogen and oxygen atoms in total. The van der Waals surface area contributed by atoms with Crippen LogP contribution in [0.2, 0.25) is 16.6 Å². The molecule has 0 saturated carbocycles. The topological polar surface area (TPSA) is 48.1 Å². The summed E-state index contributed by atoms with van der Waals surface area (Å²) in [7, 11) is -2.16. The molecule has 0 bridgehead atoms. The van der Waals surface area contributed by atoms with Crippen molar-refractivity contribution in [1.29, 1.82) is 0 Å². The Morgan fingerprint density at radius 2 is 1.55 bits per heavy atom. The summed E-state index contributed by atoms with van der Waals surface area (Å²) in [6, 6.07) is 7.70. The highest BCUT2D eigenvalue weighted by Crippen LogP contribution is 2.49. The zero-order valence-electron chi connectivity index (χ0n) is 19.5. The Morgan fingerprint density at radius 1 is 0.935 bits per heavy atom. The molecule has 0 spiro atoms. The number of hydrogen-bond acceptors (Lipinski definition) is 3. The van der Waals surface area contributed by atoms with Crippen LogP contribution < -0.4 is 5.73 Å². The number of hydrogen-bond donors (Lipinski definition) is 1. The Labute approximate surface area is 186 Å². The summed E-state index contributed by atoms with van der Waals surface area (Å²) >= 11 is 0. The van der Waals surface area contributed by atoms with E-state index in [9.17, 15) is 8.78 Å². The second-order valence-corrected chi connectivity index (χ2v) is 15.2. The molecule has 0 aliphatic heterocycles. The molecule has 0 saturated heterocycles. The fourth-order valence-electron chi connectivity index (χ4n) is 5.77. The van der Waals surface area contributed by atoms with Crippen molar-refractivity contribution in [2.75, 3.05) is 0 Å². The average Bonchev–Trinajstić information content (AvgIpc) is 2.84. The summed E-state index contributed by atoms with van der Waals surface area (Å²) in [6.45, 7) is 13.6. The Bertz CT molecular complexity index is 881. The summed E-state index contributed by atoms with van der Waals surface area (Å²) < 4.78 is 35.8. The molecular formula is C25H36F2N2OSi. The van der Waals surface area contributed by atoms with E-state index >= 15 is 0 Å². The quantitative estimate of drug-likeness (QED) is 0.378. The first-order valence-corrected chi connectivity index (χ1v) is 13.6. The van der Waals surface area contributed by atoms with E-state index in [0.717, 1.165) is 17.3 Å². The number of benzene rings is 1. The third kappa shape index (κ3) is 4.35. The molecule has 1 aromatic heterocycles. The maximum atomic E-state index is 14.7. The molecule has 3 rings (SSSR count). The lowest BCUT2D eigenvalue weighted by molar-refractivity contribution is 0.159. The number of pyridine rings is 1. The molecule has 1 aliphatic rings. The summed E-state index contributed by atoms with van der Waals surface area (Å²) in [4.78, 5) is 4.69.